The van der Waals surface area contributed by atoms with Gasteiger partial charge < -0.3 is 14.2 Å². The van der Waals surface area contributed by atoms with Crippen LogP contribution in [0.4, 0.5) is 22.0 Å². The molecule has 22 heavy (non-hydrogen) atoms. The van der Waals surface area contributed by atoms with Crippen LogP contribution in [0.15, 0.2) is 24.8 Å². The molecule has 0 unspecified atom stereocenters. The van der Waals surface area contributed by atoms with Crippen LogP contribution in [0.2, 0.25) is 0 Å². The summed E-state index contributed by atoms with van der Waals surface area (Å²) in [5.41, 5.74) is -0.185. The molecule has 0 aromatic carbocycles. The number of alkyl halides is 5. The summed E-state index contributed by atoms with van der Waals surface area (Å²) < 4.78 is 73.1. The van der Waals surface area contributed by atoms with Crippen molar-refractivity contribution in [2.75, 3.05) is 26.4 Å². The number of hydrogen-bond acceptors (Lipinski definition) is 5. The summed E-state index contributed by atoms with van der Waals surface area (Å²) in [6, 6.07) is 0. The number of esters is 2. The molecule has 0 aromatic heterocycles. The van der Waals surface area contributed by atoms with Crippen LogP contribution >= 0.6 is 0 Å². The molecule has 0 N–H and O–H groups in total. The zero-order chi connectivity index (χ0) is 17.4. The molecule has 5 nitrogen and oxygen atoms in total. The summed E-state index contributed by atoms with van der Waals surface area (Å²) in [5, 5.41) is 0. The molecular weight excluding hydrogens is 319 g/mol. The lowest BCUT2D eigenvalue weighted by Gasteiger charge is -2.19. The Morgan fingerprint density at radius 1 is 1.05 bits per heavy atom. The Kier molecular flexibility index (Phi) is 7.71. The van der Waals surface area contributed by atoms with E-state index < -0.39 is 37.3 Å². The van der Waals surface area contributed by atoms with Crippen molar-refractivity contribution < 1.29 is 45.8 Å². The van der Waals surface area contributed by atoms with Gasteiger partial charge in [-0.15, -0.1) is 6.58 Å². The summed E-state index contributed by atoms with van der Waals surface area (Å²) in [4.78, 5) is 22.2. The van der Waals surface area contributed by atoms with Gasteiger partial charge in [0.2, 0.25) is 0 Å². The van der Waals surface area contributed by atoms with Crippen molar-refractivity contribution in [3.8, 4) is 0 Å². The van der Waals surface area contributed by atoms with Crippen LogP contribution < -0.4 is 0 Å². The molecule has 0 heterocycles. The van der Waals surface area contributed by atoms with Crippen molar-refractivity contribution in [1.82, 2.24) is 0 Å². The minimum absolute atomic E-state index is 0.126. The van der Waals surface area contributed by atoms with E-state index in [0.29, 0.717) is 0 Å². The lowest BCUT2D eigenvalue weighted by atomic mass is 10.3. The maximum atomic E-state index is 12.4. The van der Waals surface area contributed by atoms with Gasteiger partial charge in [-0.3, -0.25) is 0 Å². The summed E-state index contributed by atoms with van der Waals surface area (Å²) in [7, 11) is 0. The SMILES string of the molecule is C=CCOCC(=C)C(=O)OCC(=O)OCC(F)(F)C(F)(F)F. The highest BCUT2D eigenvalue weighted by molar-refractivity contribution is 5.89. The second-order valence-corrected chi connectivity index (χ2v) is 3.85. The van der Waals surface area contributed by atoms with Gasteiger partial charge in [0.05, 0.1) is 18.8 Å². The van der Waals surface area contributed by atoms with Crippen LogP contribution in [0.3, 0.4) is 0 Å². The summed E-state index contributed by atoms with van der Waals surface area (Å²) >= 11 is 0. The summed E-state index contributed by atoms with van der Waals surface area (Å²) in [6.45, 7) is 3.18. The maximum absolute atomic E-state index is 12.4. The van der Waals surface area contributed by atoms with Gasteiger partial charge in [-0.1, -0.05) is 12.7 Å². The lowest BCUT2D eigenvalue weighted by Crippen LogP contribution is -2.41. The van der Waals surface area contributed by atoms with Crippen LogP contribution in [0.1, 0.15) is 0 Å². The van der Waals surface area contributed by atoms with Crippen LogP contribution in [0.5, 0.6) is 0 Å². The molecule has 126 valence electrons. The van der Waals surface area contributed by atoms with E-state index >= 15 is 0 Å². The fraction of sp³-hybridized carbons (Fsp3) is 0.500. The van der Waals surface area contributed by atoms with Crippen molar-refractivity contribution in [3.05, 3.63) is 24.8 Å². The third-order valence-electron chi connectivity index (χ3n) is 1.95. The fourth-order valence-corrected chi connectivity index (χ4v) is 0.846. The Balaban J connectivity index is 4.11. The molecule has 0 atom stereocenters. The van der Waals surface area contributed by atoms with Gasteiger partial charge in [-0.05, 0) is 0 Å². The molecule has 0 aliphatic heterocycles. The zero-order valence-electron chi connectivity index (χ0n) is 11.3. The quantitative estimate of drug-likeness (QED) is 0.213. The van der Waals surface area contributed by atoms with Crippen molar-refractivity contribution in [2.24, 2.45) is 0 Å². The van der Waals surface area contributed by atoms with Crippen LogP contribution in [0, 0.1) is 0 Å². The van der Waals surface area contributed by atoms with E-state index in [9.17, 15) is 31.5 Å². The molecule has 0 rings (SSSR count). The number of carbonyl (C=O) groups excluding carboxylic acids is 2. The first-order valence-electron chi connectivity index (χ1n) is 5.65. The molecular formula is C12H13F5O5. The summed E-state index contributed by atoms with van der Waals surface area (Å²) in [5.74, 6) is -7.82. The number of halogens is 5. The number of hydrogen-bond donors (Lipinski definition) is 0. The predicted molar refractivity (Wildman–Crippen MR) is 63.1 cm³/mol. The first-order valence-corrected chi connectivity index (χ1v) is 5.65. The highest BCUT2D eigenvalue weighted by Gasteiger charge is 2.58. The van der Waals surface area contributed by atoms with E-state index in [1.54, 1.807) is 0 Å². The normalized spacial score (nSPS) is 11.7. The average Bonchev–Trinajstić information content (AvgIpc) is 2.41. The van der Waals surface area contributed by atoms with E-state index in [2.05, 4.69) is 22.6 Å². The molecule has 0 spiro atoms. The number of carbonyl (C=O) groups is 2. The first-order chi connectivity index (χ1) is 10.0. The minimum atomic E-state index is -5.85. The second-order valence-electron chi connectivity index (χ2n) is 3.85. The van der Waals surface area contributed by atoms with Gasteiger partial charge in [-0.25, -0.2) is 9.59 Å². The Morgan fingerprint density at radius 2 is 1.64 bits per heavy atom. The Hall–Kier alpha value is -1.97. The van der Waals surface area contributed by atoms with Gasteiger partial charge in [0, 0.05) is 0 Å². The summed E-state index contributed by atoms with van der Waals surface area (Å²) in [6.07, 6.45) is -4.45. The molecule has 0 saturated carbocycles. The molecule has 0 aromatic rings. The minimum Gasteiger partial charge on any atom is -0.456 e. The Bertz CT molecular complexity index is 430. The van der Waals surface area contributed by atoms with E-state index in [-0.39, 0.29) is 18.8 Å². The Morgan fingerprint density at radius 3 is 2.14 bits per heavy atom. The van der Waals surface area contributed by atoms with Crippen molar-refractivity contribution >= 4 is 11.9 Å². The highest BCUT2D eigenvalue weighted by atomic mass is 19.4. The third-order valence-corrected chi connectivity index (χ3v) is 1.95. The molecule has 0 saturated heterocycles. The highest BCUT2D eigenvalue weighted by Crippen LogP contribution is 2.35. The number of rotatable bonds is 9. The monoisotopic (exact) mass is 332 g/mol. The number of ether oxygens (including phenoxy) is 3. The first kappa shape index (κ1) is 20.0. The molecule has 0 radical (unpaired) electrons. The van der Waals surface area contributed by atoms with Gasteiger partial charge in [-0.2, -0.15) is 22.0 Å². The van der Waals surface area contributed by atoms with Crippen LogP contribution in [-0.2, 0) is 23.8 Å². The van der Waals surface area contributed by atoms with Gasteiger partial charge >= 0.3 is 24.0 Å². The molecule has 0 amide bonds. The van der Waals surface area contributed by atoms with E-state index in [1.807, 2.05) is 0 Å². The second kappa shape index (κ2) is 8.47. The van der Waals surface area contributed by atoms with E-state index in [0.717, 1.165) is 0 Å². The average molecular weight is 332 g/mol. The van der Waals surface area contributed by atoms with Gasteiger partial charge in [0.1, 0.15) is 0 Å². The van der Waals surface area contributed by atoms with Crippen molar-refractivity contribution in [2.45, 2.75) is 12.1 Å². The predicted octanol–water partition coefficient (Wildman–Crippen LogP) is 2.03. The Labute approximate surface area is 122 Å². The van der Waals surface area contributed by atoms with Crippen molar-refractivity contribution in [1.29, 1.82) is 0 Å². The molecule has 0 aliphatic carbocycles. The van der Waals surface area contributed by atoms with Gasteiger partial charge in [0.25, 0.3) is 0 Å². The standard InChI is InChI=1S/C12H13F5O5/c1-3-4-20-5-8(2)10(19)21-6-9(18)22-7-11(13,14)12(15,16)17/h3H,1-2,4-7H2. The maximum Gasteiger partial charge on any atom is 0.456 e. The lowest BCUT2D eigenvalue weighted by molar-refractivity contribution is -0.294. The third kappa shape index (κ3) is 7.16. The van der Waals surface area contributed by atoms with E-state index in [1.165, 1.54) is 6.08 Å². The molecule has 0 aliphatic rings. The topological polar surface area (TPSA) is 61.8 Å². The van der Waals surface area contributed by atoms with Crippen molar-refractivity contribution in [3.63, 3.8) is 0 Å². The van der Waals surface area contributed by atoms with Crippen LogP contribution in [0.25, 0.3) is 0 Å². The zero-order valence-corrected chi connectivity index (χ0v) is 11.3. The van der Waals surface area contributed by atoms with Gasteiger partial charge in [0.15, 0.2) is 13.2 Å². The fourth-order valence-electron chi connectivity index (χ4n) is 0.846. The van der Waals surface area contributed by atoms with E-state index in [4.69, 9.17) is 4.74 Å². The smallest absolute Gasteiger partial charge is 0.456 e. The molecule has 0 bridgehead atoms. The van der Waals surface area contributed by atoms with Crippen LogP contribution in [-0.4, -0.2) is 50.5 Å². The molecule has 10 heteroatoms. The molecule has 0 fully saturated rings. The largest absolute Gasteiger partial charge is 0.456 e.